The van der Waals surface area contributed by atoms with Crippen molar-refractivity contribution in [2.45, 2.75) is 19.9 Å². The summed E-state index contributed by atoms with van der Waals surface area (Å²) in [5, 5.41) is 5.96. The lowest BCUT2D eigenvalue weighted by atomic mass is 10.0. The number of hydrogen-bond donors (Lipinski definition) is 2. The molecule has 1 saturated heterocycles. The highest BCUT2D eigenvalue weighted by Crippen LogP contribution is 2.16. The van der Waals surface area contributed by atoms with Crippen molar-refractivity contribution in [1.82, 2.24) is 10.3 Å². The fourth-order valence-electron chi connectivity index (χ4n) is 2.22. The molecule has 1 aromatic rings. The number of ether oxygens (including phenoxy) is 1. The van der Waals surface area contributed by atoms with Gasteiger partial charge in [-0.15, -0.1) is 0 Å². The summed E-state index contributed by atoms with van der Waals surface area (Å²) in [5.74, 6) is 0.418. The van der Waals surface area contributed by atoms with Crippen molar-refractivity contribution in [3.63, 3.8) is 0 Å². The van der Waals surface area contributed by atoms with Crippen LogP contribution in [-0.2, 0) is 9.53 Å². The Kier molecular flexibility index (Phi) is 3.93. The van der Waals surface area contributed by atoms with Crippen LogP contribution < -0.4 is 10.6 Å². The van der Waals surface area contributed by atoms with Gasteiger partial charge >= 0.3 is 0 Å². The summed E-state index contributed by atoms with van der Waals surface area (Å²) in [4.78, 5) is 16.4. The molecule has 0 bridgehead atoms. The van der Waals surface area contributed by atoms with Crippen LogP contribution in [0.3, 0.4) is 0 Å². The summed E-state index contributed by atoms with van der Waals surface area (Å²) in [7, 11) is 1.84. The Morgan fingerprint density at radius 1 is 1.39 bits per heavy atom. The monoisotopic (exact) mass is 249 g/mol. The van der Waals surface area contributed by atoms with Crippen LogP contribution in [0.2, 0.25) is 0 Å². The van der Waals surface area contributed by atoms with E-state index >= 15 is 0 Å². The maximum Gasteiger partial charge on any atom is 0.232 e. The Morgan fingerprint density at radius 3 is 2.83 bits per heavy atom. The van der Waals surface area contributed by atoms with Gasteiger partial charge in [-0.25, -0.2) is 4.98 Å². The molecule has 0 aliphatic carbocycles. The number of hydrogen-bond acceptors (Lipinski definition) is 4. The predicted molar refractivity (Wildman–Crippen MR) is 69.5 cm³/mol. The first-order valence-electron chi connectivity index (χ1n) is 6.11. The van der Waals surface area contributed by atoms with Gasteiger partial charge in [-0.2, -0.15) is 0 Å². The number of nitrogens with zero attached hydrogens (tertiary/aromatic N) is 1. The molecule has 1 amide bonds. The fourth-order valence-corrected chi connectivity index (χ4v) is 2.22. The number of aromatic nitrogens is 1. The second-order valence-electron chi connectivity index (χ2n) is 4.70. The fraction of sp³-hybridized carbons (Fsp3) is 0.538. The normalized spacial score (nSPS) is 23.1. The number of carbonyl (C=O) groups is 1. The Hall–Kier alpha value is -1.46. The predicted octanol–water partition coefficient (Wildman–Crippen LogP) is 0.871. The van der Waals surface area contributed by atoms with Gasteiger partial charge in [0.2, 0.25) is 5.91 Å². The minimum Gasteiger partial charge on any atom is -0.379 e. The molecule has 1 fully saturated rings. The van der Waals surface area contributed by atoms with E-state index in [0.717, 1.165) is 11.3 Å². The Morgan fingerprint density at radius 2 is 2.17 bits per heavy atom. The highest BCUT2D eigenvalue weighted by Gasteiger charge is 2.33. The van der Waals surface area contributed by atoms with Crippen LogP contribution in [0.25, 0.3) is 0 Å². The van der Waals surface area contributed by atoms with Gasteiger partial charge in [0, 0.05) is 11.7 Å². The van der Waals surface area contributed by atoms with E-state index in [1.807, 2.05) is 33.0 Å². The van der Waals surface area contributed by atoms with E-state index in [2.05, 4.69) is 15.6 Å². The zero-order chi connectivity index (χ0) is 13.1. The van der Waals surface area contributed by atoms with Crippen molar-refractivity contribution >= 4 is 11.7 Å². The molecule has 98 valence electrons. The third-order valence-electron chi connectivity index (χ3n) is 3.14. The van der Waals surface area contributed by atoms with Gasteiger partial charge in [-0.05, 0) is 38.6 Å². The van der Waals surface area contributed by atoms with Crippen LogP contribution in [0.5, 0.6) is 0 Å². The van der Waals surface area contributed by atoms with Crippen LogP contribution in [0.1, 0.15) is 11.3 Å². The first kappa shape index (κ1) is 13.0. The minimum absolute atomic E-state index is 0.0376. The van der Waals surface area contributed by atoms with Crippen molar-refractivity contribution in [2.75, 3.05) is 25.6 Å². The molecule has 1 aromatic heterocycles. The van der Waals surface area contributed by atoms with Gasteiger partial charge in [-0.1, -0.05) is 0 Å². The van der Waals surface area contributed by atoms with Crippen LogP contribution in [0.15, 0.2) is 12.1 Å². The zero-order valence-electron chi connectivity index (χ0n) is 11.0. The molecule has 2 N–H and O–H groups in total. The number of aryl methyl sites for hydroxylation is 2. The standard InChI is InChI=1S/C13H19N3O2/c1-8-4-9(2)15-12(5-8)16-13(17)10-6-18-7-11(10)14-3/h4-5,10-11,14H,6-7H2,1-3H3,(H,15,16,17). The number of likely N-dealkylation sites (N-methyl/N-ethyl adjacent to an activating group) is 1. The lowest BCUT2D eigenvalue weighted by molar-refractivity contribution is -0.120. The van der Waals surface area contributed by atoms with Gasteiger partial charge in [-0.3, -0.25) is 4.79 Å². The van der Waals surface area contributed by atoms with Gasteiger partial charge in [0.1, 0.15) is 5.82 Å². The van der Waals surface area contributed by atoms with E-state index in [0.29, 0.717) is 19.0 Å². The number of pyridine rings is 1. The molecule has 0 saturated carbocycles. The summed E-state index contributed by atoms with van der Waals surface area (Å²) in [6, 6.07) is 3.93. The zero-order valence-corrected chi connectivity index (χ0v) is 11.0. The number of nitrogens with one attached hydrogen (secondary N) is 2. The van der Waals surface area contributed by atoms with E-state index in [1.54, 1.807) is 0 Å². The topological polar surface area (TPSA) is 63.2 Å². The average Bonchev–Trinajstić information content (AvgIpc) is 2.75. The van der Waals surface area contributed by atoms with Crippen LogP contribution in [0, 0.1) is 19.8 Å². The molecular formula is C13H19N3O2. The lowest BCUT2D eigenvalue weighted by Crippen LogP contribution is -2.39. The highest BCUT2D eigenvalue weighted by atomic mass is 16.5. The average molecular weight is 249 g/mol. The Labute approximate surface area is 107 Å². The van der Waals surface area contributed by atoms with Gasteiger partial charge in [0.25, 0.3) is 0 Å². The first-order valence-corrected chi connectivity index (χ1v) is 6.11. The molecule has 5 nitrogen and oxygen atoms in total. The number of rotatable bonds is 3. The summed E-state index contributed by atoms with van der Waals surface area (Å²) in [6.07, 6.45) is 0. The molecule has 0 spiro atoms. The van der Waals surface area contributed by atoms with Crippen molar-refractivity contribution in [1.29, 1.82) is 0 Å². The quantitative estimate of drug-likeness (QED) is 0.834. The molecule has 0 aromatic carbocycles. The summed E-state index contributed by atoms with van der Waals surface area (Å²) < 4.78 is 5.32. The third-order valence-corrected chi connectivity index (χ3v) is 3.14. The molecule has 2 unspecified atom stereocenters. The number of anilines is 1. The Balaban J connectivity index is 2.06. The van der Waals surface area contributed by atoms with Gasteiger partial charge in [0.15, 0.2) is 0 Å². The number of carbonyl (C=O) groups excluding carboxylic acids is 1. The molecule has 0 radical (unpaired) electrons. The number of amides is 1. The van der Waals surface area contributed by atoms with E-state index in [-0.39, 0.29) is 17.9 Å². The maximum absolute atomic E-state index is 12.1. The van der Waals surface area contributed by atoms with Crippen LogP contribution in [-0.4, -0.2) is 37.2 Å². The molecular weight excluding hydrogens is 230 g/mol. The third kappa shape index (κ3) is 2.86. The SMILES string of the molecule is CNC1COCC1C(=O)Nc1cc(C)cc(C)n1. The molecule has 5 heteroatoms. The van der Waals surface area contributed by atoms with Crippen molar-refractivity contribution < 1.29 is 9.53 Å². The smallest absolute Gasteiger partial charge is 0.232 e. The maximum atomic E-state index is 12.1. The Bertz CT molecular complexity index is 428. The highest BCUT2D eigenvalue weighted by molar-refractivity contribution is 5.92. The molecule has 1 aliphatic heterocycles. The minimum atomic E-state index is -0.155. The molecule has 2 heterocycles. The molecule has 1 aliphatic rings. The van der Waals surface area contributed by atoms with Crippen LogP contribution in [0.4, 0.5) is 5.82 Å². The molecule has 2 rings (SSSR count). The second-order valence-corrected chi connectivity index (χ2v) is 4.70. The summed E-state index contributed by atoms with van der Waals surface area (Å²) in [6.45, 7) is 4.94. The van der Waals surface area contributed by atoms with E-state index in [1.165, 1.54) is 0 Å². The van der Waals surface area contributed by atoms with Crippen molar-refractivity contribution in [3.05, 3.63) is 23.4 Å². The summed E-state index contributed by atoms with van der Waals surface area (Å²) >= 11 is 0. The van der Waals surface area contributed by atoms with Gasteiger partial charge < -0.3 is 15.4 Å². The molecule has 2 atom stereocenters. The second kappa shape index (κ2) is 5.46. The largest absolute Gasteiger partial charge is 0.379 e. The van der Waals surface area contributed by atoms with Gasteiger partial charge in [0.05, 0.1) is 19.1 Å². The molecule has 18 heavy (non-hydrogen) atoms. The van der Waals surface area contributed by atoms with E-state index in [4.69, 9.17) is 4.74 Å². The van der Waals surface area contributed by atoms with Crippen molar-refractivity contribution in [3.8, 4) is 0 Å². The van der Waals surface area contributed by atoms with Crippen LogP contribution >= 0.6 is 0 Å². The summed E-state index contributed by atoms with van der Waals surface area (Å²) in [5.41, 5.74) is 1.99. The van der Waals surface area contributed by atoms with E-state index in [9.17, 15) is 4.79 Å². The first-order chi connectivity index (χ1) is 8.60. The van der Waals surface area contributed by atoms with Crippen molar-refractivity contribution in [2.24, 2.45) is 5.92 Å². The van der Waals surface area contributed by atoms with E-state index < -0.39 is 0 Å². The lowest BCUT2D eigenvalue weighted by Gasteiger charge is -2.16.